The fourth-order valence-electron chi connectivity index (χ4n) is 3.63. The number of hydrogen-bond acceptors (Lipinski definition) is 4. The summed E-state index contributed by atoms with van der Waals surface area (Å²) in [7, 11) is 0. The summed E-state index contributed by atoms with van der Waals surface area (Å²) < 4.78 is 0. The second kappa shape index (κ2) is 9.47. The molecule has 2 aromatic carbocycles. The van der Waals surface area contributed by atoms with Gasteiger partial charge in [-0.05, 0) is 64.4 Å². The Balaban J connectivity index is 2.42. The van der Waals surface area contributed by atoms with Gasteiger partial charge in [-0.3, -0.25) is 14.5 Å². The Hall–Kier alpha value is -2.46. The Kier molecular flexibility index (Phi) is 7.31. The molecule has 0 bridgehead atoms. The molecule has 0 aliphatic carbocycles. The van der Waals surface area contributed by atoms with E-state index in [1.165, 1.54) is 12.1 Å². The first-order valence-electron chi connectivity index (χ1n) is 9.48. The third-order valence-corrected chi connectivity index (χ3v) is 5.00. The van der Waals surface area contributed by atoms with E-state index in [0.29, 0.717) is 29.5 Å². The fourth-order valence-corrected chi connectivity index (χ4v) is 3.63. The van der Waals surface area contributed by atoms with Crippen molar-refractivity contribution in [3.05, 3.63) is 65.2 Å². The van der Waals surface area contributed by atoms with Crippen LogP contribution in [0.3, 0.4) is 0 Å². The van der Waals surface area contributed by atoms with E-state index in [1.807, 2.05) is 30.3 Å². The van der Waals surface area contributed by atoms with Gasteiger partial charge in [-0.2, -0.15) is 0 Å². The summed E-state index contributed by atoms with van der Waals surface area (Å²) in [6.45, 7) is 9.58. The average molecular weight is 367 g/mol. The van der Waals surface area contributed by atoms with Crippen molar-refractivity contribution in [1.29, 1.82) is 0 Å². The van der Waals surface area contributed by atoms with Gasteiger partial charge in [0.25, 0.3) is 0 Å². The van der Waals surface area contributed by atoms with Gasteiger partial charge in [-0.25, -0.2) is 0 Å². The van der Waals surface area contributed by atoms with Crippen molar-refractivity contribution in [2.75, 3.05) is 6.54 Å². The number of rotatable bonds is 9. The first kappa shape index (κ1) is 20.8. The van der Waals surface area contributed by atoms with Crippen LogP contribution in [-0.4, -0.2) is 40.7 Å². The summed E-state index contributed by atoms with van der Waals surface area (Å²) in [6, 6.07) is 15.5. The molecule has 0 aliphatic rings. The number of aromatic hydroxyl groups is 1. The molecule has 1 unspecified atom stereocenters. The third-order valence-electron chi connectivity index (χ3n) is 5.00. The zero-order valence-corrected chi connectivity index (χ0v) is 16.6. The molecule has 1 N–H and O–H groups in total. The largest absolute Gasteiger partial charge is 0.508 e. The second-order valence-corrected chi connectivity index (χ2v) is 7.43. The Morgan fingerprint density at radius 2 is 1.67 bits per heavy atom. The van der Waals surface area contributed by atoms with Crippen LogP contribution >= 0.6 is 0 Å². The van der Waals surface area contributed by atoms with E-state index in [4.69, 9.17) is 0 Å². The van der Waals surface area contributed by atoms with Crippen molar-refractivity contribution in [3.63, 3.8) is 0 Å². The first-order valence-corrected chi connectivity index (χ1v) is 9.48. The fraction of sp³-hybridized carbons (Fsp3) is 0.391. The number of aldehydes is 1. The van der Waals surface area contributed by atoms with Crippen LogP contribution in [-0.2, 0) is 4.79 Å². The van der Waals surface area contributed by atoms with Crippen LogP contribution in [0.5, 0.6) is 5.75 Å². The number of ketones is 1. The van der Waals surface area contributed by atoms with Crippen molar-refractivity contribution in [2.24, 2.45) is 0 Å². The van der Waals surface area contributed by atoms with Crippen LogP contribution in [0.2, 0.25) is 0 Å². The van der Waals surface area contributed by atoms with Gasteiger partial charge in [0.05, 0.1) is 0 Å². The minimum atomic E-state index is -0.575. The Labute approximate surface area is 161 Å². The molecule has 0 saturated carbocycles. The van der Waals surface area contributed by atoms with Crippen LogP contribution < -0.4 is 0 Å². The van der Waals surface area contributed by atoms with Gasteiger partial charge in [0.1, 0.15) is 5.75 Å². The Morgan fingerprint density at radius 1 is 1.04 bits per heavy atom. The van der Waals surface area contributed by atoms with E-state index in [1.54, 1.807) is 6.07 Å². The summed E-state index contributed by atoms with van der Waals surface area (Å²) in [6.07, 6.45) is 1.11. The molecule has 27 heavy (non-hydrogen) atoms. The molecule has 0 aliphatic heterocycles. The van der Waals surface area contributed by atoms with Gasteiger partial charge in [-0.15, -0.1) is 0 Å². The van der Waals surface area contributed by atoms with Gasteiger partial charge >= 0.3 is 0 Å². The van der Waals surface area contributed by atoms with E-state index < -0.39 is 5.78 Å². The highest BCUT2D eigenvalue weighted by Gasteiger charge is 2.22. The maximum atomic E-state index is 11.8. The van der Waals surface area contributed by atoms with E-state index in [0.717, 1.165) is 18.5 Å². The highest BCUT2D eigenvalue weighted by molar-refractivity contribution is 6.33. The predicted octanol–water partition coefficient (Wildman–Crippen LogP) is 4.41. The van der Waals surface area contributed by atoms with E-state index in [9.17, 15) is 14.7 Å². The quantitative estimate of drug-likeness (QED) is 0.405. The van der Waals surface area contributed by atoms with Gasteiger partial charge in [0.15, 0.2) is 6.29 Å². The number of nitrogens with zero attached hydrogens (tertiary/aromatic N) is 1. The van der Waals surface area contributed by atoms with Crippen molar-refractivity contribution in [3.8, 4) is 5.75 Å². The van der Waals surface area contributed by atoms with Crippen LogP contribution in [0.25, 0.3) is 0 Å². The smallest absolute Gasteiger partial charge is 0.225 e. The maximum Gasteiger partial charge on any atom is 0.225 e. The molecule has 0 radical (unpaired) electrons. The Bertz CT molecular complexity index is 760. The molecule has 2 rings (SSSR count). The lowest BCUT2D eigenvalue weighted by Gasteiger charge is -2.32. The lowest BCUT2D eigenvalue weighted by atomic mass is 9.86. The number of hydrogen-bond donors (Lipinski definition) is 1. The molecule has 0 spiro atoms. The number of phenolic OH excluding ortho intramolecular Hbond substituents is 1. The van der Waals surface area contributed by atoms with Crippen molar-refractivity contribution in [2.45, 2.75) is 52.1 Å². The summed E-state index contributed by atoms with van der Waals surface area (Å²) >= 11 is 0. The summed E-state index contributed by atoms with van der Waals surface area (Å²) in [4.78, 5) is 25.1. The third kappa shape index (κ3) is 5.27. The minimum Gasteiger partial charge on any atom is -0.508 e. The molecular weight excluding hydrogens is 338 g/mol. The van der Waals surface area contributed by atoms with Gasteiger partial charge in [0.2, 0.25) is 5.78 Å². The molecule has 0 saturated heterocycles. The summed E-state index contributed by atoms with van der Waals surface area (Å²) in [5.41, 5.74) is 2.07. The minimum absolute atomic E-state index is 0.0643. The van der Waals surface area contributed by atoms with Crippen LogP contribution in [0.1, 0.15) is 61.5 Å². The first-order chi connectivity index (χ1) is 12.8. The Morgan fingerprint density at radius 3 is 2.22 bits per heavy atom. The van der Waals surface area contributed by atoms with Crippen LogP contribution in [0.4, 0.5) is 0 Å². The predicted molar refractivity (Wildman–Crippen MR) is 108 cm³/mol. The molecule has 4 heteroatoms. The van der Waals surface area contributed by atoms with Crippen molar-refractivity contribution >= 4 is 12.1 Å². The van der Waals surface area contributed by atoms with Crippen molar-refractivity contribution in [1.82, 2.24) is 4.90 Å². The number of phenols is 1. The maximum absolute atomic E-state index is 11.8. The standard InChI is InChI=1S/C23H29NO3/c1-16(2)24(17(3)4)13-12-20(18-8-6-5-7-9-18)21-14-19(23(27)15-25)10-11-22(21)26/h5-11,14-17,20,26H,12-13H2,1-4H3. The number of carbonyl (C=O) groups excluding carboxylic acids is 2. The topological polar surface area (TPSA) is 57.6 Å². The van der Waals surface area contributed by atoms with E-state index in [-0.39, 0.29) is 11.7 Å². The molecule has 0 amide bonds. The van der Waals surface area contributed by atoms with Crippen LogP contribution in [0, 0.1) is 0 Å². The molecule has 2 aromatic rings. The second-order valence-electron chi connectivity index (χ2n) is 7.43. The lowest BCUT2D eigenvalue weighted by molar-refractivity contribution is -0.104. The molecule has 0 heterocycles. The van der Waals surface area contributed by atoms with E-state index in [2.05, 4.69) is 32.6 Å². The molecule has 1 atom stereocenters. The SMILES string of the molecule is CC(C)N(CCC(c1ccccc1)c1cc(C(=O)C=O)ccc1O)C(C)C. The molecule has 0 aromatic heterocycles. The molecule has 4 nitrogen and oxygen atoms in total. The average Bonchev–Trinajstić information content (AvgIpc) is 2.65. The van der Waals surface area contributed by atoms with Gasteiger partial charge in [0, 0.05) is 29.1 Å². The normalized spacial score (nSPS) is 12.6. The highest BCUT2D eigenvalue weighted by Crippen LogP contribution is 2.35. The number of carbonyl (C=O) groups is 2. The zero-order valence-electron chi connectivity index (χ0n) is 16.6. The summed E-state index contributed by atoms with van der Waals surface area (Å²) in [5.74, 6) is -0.494. The monoisotopic (exact) mass is 367 g/mol. The number of benzene rings is 2. The number of Topliss-reactive ketones (excluding diaryl/α,β-unsaturated/α-hetero) is 1. The highest BCUT2D eigenvalue weighted by atomic mass is 16.3. The van der Waals surface area contributed by atoms with Crippen molar-refractivity contribution < 1.29 is 14.7 Å². The zero-order chi connectivity index (χ0) is 20.0. The van der Waals surface area contributed by atoms with E-state index >= 15 is 0 Å². The van der Waals surface area contributed by atoms with Crippen LogP contribution in [0.15, 0.2) is 48.5 Å². The molecule has 0 fully saturated rings. The van der Waals surface area contributed by atoms with Gasteiger partial charge < -0.3 is 5.11 Å². The summed E-state index contributed by atoms with van der Waals surface area (Å²) in [5, 5.41) is 10.5. The lowest BCUT2D eigenvalue weighted by Crippen LogP contribution is -2.38. The van der Waals surface area contributed by atoms with Gasteiger partial charge in [-0.1, -0.05) is 30.3 Å². The molecule has 144 valence electrons. The molecular formula is C23H29NO3.